The summed E-state index contributed by atoms with van der Waals surface area (Å²) in [6, 6.07) is 13.2. The zero-order chi connectivity index (χ0) is 18.2. The molecule has 0 bridgehead atoms. The average Bonchev–Trinajstić information content (AvgIpc) is 2.60. The molecule has 2 aromatic carbocycles. The Morgan fingerprint density at radius 1 is 1.12 bits per heavy atom. The number of hydrogen-bond donors (Lipinski definition) is 1. The summed E-state index contributed by atoms with van der Waals surface area (Å²) in [5, 5.41) is 2.81. The third-order valence-electron chi connectivity index (χ3n) is 3.71. The maximum atomic E-state index is 12.1. The normalized spacial score (nSPS) is 11.5. The zero-order valence-electron chi connectivity index (χ0n) is 15.2. The molecule has 0 fully saturated rings. The minimum Gasteiger partial charge on any atom is -0.497 e. The van der Waals surface area contributed by atoms with E-state index < -0.39 is 6.10 Å². The molecule has 0 aromatic heterocycles. The second-order valence-corrected chi connectivity index (χ2v) is 5.85. The molecule has 2 aromatic rings. The molecule has 0 radical (unpaired) electrons. The van der Waals surface area contributed by atoms with Gasteiger partial charge < -0.3 is 19.5 Å². The fourth-order valence-electron chi connectivity index (χ4n) is 2.37. The smallest absolute Gasteiger partial charge is 0.260 e. The number of rotatable bonds is 8. The van der Waals surface area contributed by atoms with Crippen LogP contribution in [0, 0.1) is 13.8 Å². The van der Waals surface area contributed by atoms with Crippen molar-refractivity contribution in [2.75, 3.05) is 20.3 Å². The summed E-state index contributed by atoms with van der Waals surface area (Å²) >= 11 is 0. The molecule has 25 heavy (non-hydrogen) atoms. The van der Waals surface area contributed by atoms with Gasteiger partial charge in [-0.15, -0.1) is 0 Å². The van der Waals surface area contributed by atoms with Gasteiger partial charge in [0.15, 0.2) is 6.10 Å². The molecule has 0 unspecified atom stereocenters. The van der Waals surface area contributed by atoms with Crippen LogP contribution in [0.1, 0.15) is 18.1 Å². The summed E-state index contributed by atoms with van der Waals surface area (Å²) in [5.41, 5.74) is 2.28. The Kier molecular flexibility index (Phi) is 6.69. The highest BCUT2D eigenvalue weighted by Gasteiger charge is 2.14. The SMILES string of the molecule is COc1cccc(O[C@H](C)C(=O)NCCOc2ccc(C)cc2C)c1. The topological polar surface area (TPSA) is 56.8 Å². The van der Waals surface area contributed by atoms with Crippen LogP contribution in [0.3, 0.4) is 0 Å². The molecule has 0 spiro atoms. The van der Waals surface area contributed by atoms with E-state index in [-0.39, 0.29) is 5.91 Å². The molecular formula is C20H25NO4. The molecule has 0 aliphatic carbocycles. The molecule has 0 saturated heterocycles. The lowest BCUT2D eigenvalue weighted by Crippen LogP contribution is -2.38. The van der Waals surface area contributed by atoms with E-state index in [2.05, 4.69) is 11.4 Å². The number of amides is 1. The van der Waals surface area contributed by atoms with Crippen LogP contribution in [0.25, 0.3) is 0 Å². The molecule has 5 nitrogen and oxygen atoms in total. The fraction of sp³-hybridized carbons (Fsp3) is 0.350. The van der Waals surface area contributed by atoms with Crippen molar-refractivity contribution in [3.8, 4) is 17.2 Å². The van der Waals surface area contributed by atoms with E-state index in [0.29, 0.717) is 24.7 Å². The Hall–Kier alpha value is -2.69. The maximum Gasteiger partial charge on any atom is 0.260 e. The number of ether oxygens (including phenoxy) is 3. The van der Waals surface area contributed by atoms with Crippen LogP contribution in [0.5, 0.6) is 17.2 Å². The molecule has 0 aliphatic rings. The molecule has 0 heterocycles. The second-order valence-electron chi connectivity index (χ2n) is 5.85. The van der Waals surface area contributed by atoms with Crippen LogP contribution in [0.4, 0.5) is 0 Å². The summed E-state index contributed by atoms with van der Waals surface area (Å²) in [6.07, 6.45) is -0.604. The van der Waals surface area contributed by atoms with Crippen molar-refractivity contribution in [3.05, 3.63) is 53.6 Å². The van der Waals surface area contributed by atoms with Crippen LogP contribution >= 0.6 is 0 Å². The largest absolute Gasteiger partial charge is 0.497 e. The van der Waals surface area contributed by atoms with Gasteiger partial charge in [0.05, 0.1) is 13.7 Å². The van der Waals surface area contributed by atoms with Crippen molar-refractivity contribution in [1.29, 1.82) is 0 Å². The van der Waals surface area contributed by atoms with Gasteiger partial charge in [-0.25, -0.2) is 0 Å². The highest BCUT2D eigenvalue weighted by Crippen LogP contribution is 2.20. The van der Waals surface area contributed by atoms with E-state index in [0.717, 1.165) is 11.3 Å². The Morgan fingerprint density at radius 2 is 1.88 bits per heavy atom. The van der Waals surface area contributed by atoms with E-state index >= 15 is 0 Å². The summed E-state index contributed by atoms with van der Waals surface area (Å²) in [7, 11) is 1.59. The summed E-state index contributed by atoms with van der Waals surface area (Å²) in [5.74, 6) is 1.92. The maximum absolute atomic E-state index is 12.1. The molecule has 1 N–H and O–H groups in total. The Bertz CT molecular complexity index is 715. The van der Waals surface area contributed by atoms with Gasteiger partial charge >= 0.3 is 0 Å². The lowest BCUT2D eigenvalue weighted by molar-refractivity contribution is -0.127. The minimum atomic E-state index is -0.604. The lowest BCUT2D eigenvalue weighted by atomic mass is 10.1. The molecule has 134 valence electrons. The third-order valence-corrected chi connectivity index (χ3v) is 3.71. The number of methoxy groups -OCH3 is 1. The van der Waals surface area contributed by atoms with Gasteiger partial charge in [0, 0.05) is 6.07 Å². The zero-order valence-corrected chi connectivity index (χ0v) is 15.2. The van der Waals surface area contributed by atoms with E-state index in [9.17, 15) is 4.79 Å². The number of hydrogen-bond acceptors (Lipinski definition) is 4. The van der Waals surface area contributed by atoms with Crippen molar-refractivity contribution in [2.45, 2.75) is 26.9 Å². The highest BCUT2D eigenvalue weighted by atomic mass is 16.5. The first kappa shape index (κ1) is 18.6. The monoisotopic (exact) mass is 343 g/mol. The average molecular weight is 343 g/mol. The molecule has 1 amide bonds. The first-order valence-corrected chi connectivity index (χ1v) is 8.28. The molecule has 0 saturated carbocycles. The fourth-order valence-corrected chi connectivity index (χ4v) is 2.37. The first-order valence-electron chi connectivity index (χ1n) is 8.28. The number of carbonyl (C=O) groups is 1. The van der Waals surface area contributed by atoms with Crippen LogP contribution in [-0.4, -0.2) is 32.3 Å². The van der Waals surface area contributed by atoms with Crippen LogP contribution in [0.15, 0.2) is 42.5 Å². The van der Waals surface area contributed by atoms with E-state index in [1.54, 1.807) is 26.2 Å². The highest BCUT2D eigenvalue weighted by molar-refractivity contribution is 5.80. The van der Waals surface area contributed by atoms with Gasteiger partial charge in [0.1, 0.15) is 23.9 Å². The third kappa shape index (κ3) is 5.71. The molecule has 0 aliphatic heterocycles. The van der Waals surface area contributed by atoms with Crippen molar-refractivity contribution in [2.24, 2.45) is 0 Å². The Morgan fingerprint density at radius 3 is 2.60 bits per heavy atom. The number of benzene rings is 2. The molecule has 1 atom stereocenters. The quantitative estimate of drug-likeness (QED) is 0.748. The molecule has 2 rings (SSSR count). The van der Waals surface area contributed by atoms with Crippen LogP contribution in [0.2, 0.25) is 0 Å². The van der Waals surface area contributed by atoms with Gasteiger partial charge in [0.25, 0.3) is 5.91 Å². The summed E-state index contributed by atoms with van der Waals surface area (Å²) in [6.45, 7) is 6.57. The van der Waals surface area contributed by atoms with E-state index in [1.165, 1.54) is 5.56 Å². The van der Waals surface area contributed by atoms with Crippen LogP contribution in [-0.2, 0) is 4.79 Å². The Labute approximate surface area is 148 Å². The van der Waals surface area contributed by atoms with Gasteiger partial charge in [-0.1, -0.05) is 23.8 Å². The second kappa shape index (κ2) is 8.97. The molecule has 5 heteroatoms. The van der Waals surface area contributed by atoms with E-state index in [1.807, 2.05) is 38.1 Å². The van der Waals surface area contributed by atoms with Crippen molar-refractivity contribution in [3.63, 3.8) is 0 Å². The van der Waals surface area contributed by atoms with Gasteiger partial charge in [-0.05, 0) is 44.5 Å². The van der Waals surface area contributed by atoms with Gasteiger partial charge in [-0.2, -0.15) is 0 Å². The predicted octanol–water partition coefficient (Wildman–Crippen LogP) is 3.27. The summed E-state index contributed by atoms with van der Waals surface area (Å²) in [4.78, 5) is 12.1. The molecular weight excluding hydrogens is 318 g/mol. The van der Waals surface area contributed by atoms with Gasteiger partial charge in [0.2, 0.25) is 0 Å². The number of aryl methyl sites for hydroxylation is 2. The van der Waals surface area contributed by atoms with Crippen molar-refractivity contribution >= 4 is 5.91 Å². The number of nitrogens with one attached hydrogen (secondary N) is 1. The minimum absolute atomic E-state index is 0.188. The Balaban J connectivity index is 1.75. The first-order chi connectivity index (χ1) is 12.0. The van der Waals surface area contributed by atoms with Crippen molar-refractivity contribution < 1.29 is 19.0 Å². The number of carbonyl (C=O) groups excluding carboxylic acids is 1. The standard InChI is InChI=1S/C20H25NO4/c1-14-8-9-19(15(2)12-14)24-11-10-21-20(22)16(3)25-18-7-5-6-17(13-18)23-4/h5-9,12-13,16H,10-11H2,1-4H3,(H,21,22)/t16-/m1/s1. The predicted molar refractivity (Wildman–Crippen MR) is 97.5 cm³/mol. The van der Waals surface area contributed by atoms with Crippen LogP contribution < -0.4 is 19.5 Å². The van der Waals surface area contributed by atoms with Crippen molar-refractivity contribution in [1.82, 2.24) is 5.32 Å². The van der Waals surface area contributed by atoms with Gasteiger partial charge in [-0.3, -0.25) is 4.79 Å². The van der Waals surface area contributed by atoms with E-state index in [4.69, 9.17) is 14.2 Å². The summed E-state index contributed by atoms with van der Waals surface area (Å²) < 4.78 is 16.5. The lowest BCUT2D eigenvalue weighted by Gasteiger charge is -2.16.